The zero-order valence-electron chi connectivity index (χ0n) is 13.6. The van der Waals surface area contributed by atoms with Gasteiger partial charge in [-0.1, -0.05) is 84.9 Å². The zero-order valence-corrected chi connectivity index (χ0v) is 13.6. The minimum absolute atomic E-state index is 0.00565. The Morgan fingerprint density at radius 1 is 0.400 bits per heavy atom. The van der Waals surface area contributed by atoms with E-state index in [0.717, 1.165) is 0 Å². The third kappa shape index (κ3) is 1.14. The third-order valence-electron chi connectivity index (χ3n) is 6.36. The molecule has 4 aromatic carbocycles. The molecule has 7 rings (SSSR count). The van der Waals surface area contributed by atoms with E-state index in [9.17, 15) is 0 Å². The second kappa shape index (κ2) is 3.75. The molecule has 0 saturated heterocycles. The minimum atomic E-state index is -0.00565. The molecule has 0 unspecified atom stereocenters. The van der Waals surface area contributed by atoms with Crippen molar-refractivity contribution in [3.63, 3.8) is 0 Å². The number of hydrogen-bond acceptors (Lipinski definition) is 0. The summed E-state index contributed by atoms with van der Waals surface area (Å²) in [5.41, 5.74) is 14.5. The van der Waals surface area contributed by atoms with E-state index < -0.39 is 0 Å². The molecule has 4 aromatic rings. The fourth-order valence-corrected chi connectivity index (χ4v) is 5.39. The lowest BCUT2D eigenvalue weighted by Crippen LogP contribution is -2.13. The monoisotopic (exact) mass is 314 g/mol. The molecule has 25 heavy (non-hydrogen) atoms. The van der Waals surface area contributed by atoms with E-state index in [1.54, 1.807) is 0 Å². The fourth-order valence-electron chi connectivity index (χ4n) is 5.39. The Morgan fingerprint density at radius 2 is 0.960 bits per heavy atom. The van der Waals surface area contributed by atoms with Crippen molar-refractivity contribution in [2.45, 2.75) is 5.41 Å². The molecule has 0 aliphatic heterocycles. The van der Waals surface area contributed by atoms with Crippen molar-refractivity contribution in [1.82, 2.24) is 0 Å². The number of hydrogen-bond donors (Lipinski definition) is 0. The Hall–Kier alpha value is -3.12. The zero-order chi connectivity index (χ0) is 16.2. The molecule has 1 spiro atoms. The molecule has 0 saturated carbocycles. The summed E-state index contributed by atoms with van der Waals surface area (Å²) in [5, 5.41) is 0. The highest BCUT2D eigenvalue weighted by molar-refractivity contribution is 6.10. The first kappa shape index (κ1) is 12.3. The molecule has 0 amide bonds. The molecule has 0 N–H and O–H groups in total. The maximum atomic E-state index is 2.34. The highest BCUT2D eigenvalue weighted by Gasteiger charge is 2.59. The Balaban J connectivity index is 1.65. The molecule has 0 fully saturated rings. The van der Waals surface area contributed by atoms with Gasteiger partial charge in [-0.3, -0.25) is 0 Å². The van der Waals surface area contributed by atoms with Crippen LogP contribution in [-0.2, 0) is 5.41 Å². The summed E-state index contributed by atoms with van der Waals surface area (Å²) in [6.07, 6.45) is 0. The van der Waals surface area contributed by atoms with Gasteiger partial charge in [0.15, 0.2) is 0 Å². The molecule has 0 nitrogen and oxygen atoms in total. The summed E-state index contributed by atoms with van der Waals surface area (Å²) in [7, 11) is 0. The second-order valence-electron chi connectivity index (χ2n) is 7.30. The summed E-state index contributed by atoms with van der Waals surface area (Å²) in [6, 6.07) is 31.4. The molecule has 3 aliphatic carbocycles. The van der Waals surface area contributed by atoms with E-state index in [0.29, 0.717) is 0 Å². The van der Waals surface area contributed by atoms with Crippen molar-refractivity contribution in [1.29, 1.82) is 0 Å². The topological polar surface area (TPSA) is 0 Å². The van der Waals surface area contributed by atoms with Crippen molar-refractivity contribution in [3.05, 3.63) is 107 Å². The van der Waals surface area contributed by atoms with E-state index in [1.807, 2.05) is 0 Å². The molecule has 0 heterocycles. The Labute approximate surface area is 146 Å². The third-order valence-corrected chi connectivity index (χ3v) is 6.36. The van der Waals surface area contributed by atoms with Gasteiger partial charge in [-0.05, 0) is 55.6 Å². The fraction of sp³-hybridized carbons (Fsp3) is 0.0400. The quantitative estimate of drug-likeness (QED) is 0.321. The van der Waals surface area contributed by atoms with Gasteiger partial charge in [0.1, 0.15) is 0 Å². The van der Waals surface area contributed by atoms with Gasteiger partial charge < -0.3 is 0 Å². The molecule has 0 aromatic heterocycles. The number of benzene rings is 4. The predicted octanol–water partition coefficient (Wildman–Crippen LogP) is 6.01. The average Bonchev–Trinajstić information content (AvgIpc) is 3.25. The summed E-state index contributed by atoms with van der Waals surface area (Å²) in [5.74, 6) is 0. The highest BCUT2D eigenvalue weighted by atomic mass is 14.6. The van der Waals surface area contributed by atoms with Gasteiger partial charge in [0.25, 0.3) is 0 Å². The number of rotatable bonds is 0. The van der Waals surface area contributed by atoms with Crippen molar-refractivity contribution in [2.24, 2.45) is 0 Å². The first-order valence-electron chi connectivity index (χ1n) is 8.89. The lowest BCUT2D eigenvalue weighted by atomic mass is 9.73. The minimum Gasteiger partial charge on any atom is -0.0619 e. The van der Waals surface area contributed by atoms with Crippen LogP contribution in [0.15, 0.2) is 84.9 Å². The van der Waals surface area contributed by atoms with Gasteiger partial charge in [-0.15, -0.1) is 0 Å². The molecule has 3 aliphatic rings. The molecular formula is C25H14. The van der Waals surface area contributed by atoms with Crippen LogP contribution in [0.4, 0.5) is 0 Å². The molecule has 114 valence electrons. The molecule has 0 radical (unpaired) electrons. The maximum absolute atomic E-state index is 2.34. The van der Waals surface area contributed by atoms with Gasteiger partial charge in [-0.2, -0.15) is 0 Å². The summed E-state index contributed by atoms with van der Waals surface area (Å²) >= 11 is 0. The van der Waals surface area contributed by atoms with Crippen LogP contribution in [0.25, 0.3) is 33.4 Å². The average molecular weight is 314 g/mol. The van der Waals surface area contributed by atoms with E-state index in [1.165, 1.54) is 55.6 Å². The highest BCUT2D eigenvalue weighted by Crippen LogP contribution is 2.70. The molecular weight excluding hydrogens is 300 g/mol. The van der Waals surface area contributed by atoms with Crippen LogP contribution in [0, 0.1) is 0 Å². The lowest BCUT2D eigenvalue weighted by Gasteiger charge is -2.29. The smallest absolute Gasteiger partial charge is 0.0619 e. The van der Waals surface area contributed by atoms with E-state index in [4.69, 9.17) is 0 Å². The van der Waals surface area contributed by atoms with E-state index in [-0.39, 0.29) is 5.41 Å². The SMILES string of the molecule is c1ccc2c(c1)-c1ccc3c(c1-2)C1(c2ccccc2-3)c2ccccc21. The van der Waals surface area contributed by atoms with Crippen molar-refractivity contribution in [3.8, 4) is 33.4 Å². The van der Waals surface area contributed by atoms with Gasteiger partial charge in [0, 0.05) is 0 Å². The van der Waals surface area contributed by atoms with Crippen LogP contribution >= 0.6 is 0 Å². The van der Waals surface area contributed by atoms with Crippen molar-refractivity contribution in [2.75, 3.05) is 0 Å². The largest absolute Gasteiger partial charge is 0.0726 e. The van der Waals surface area contributed by atoms with Crippen LogP contribution in [0.5, 0.6) is 0 Å². The van der Waals surface area contributed by atoms with Gasteiger partial charge >= 0.3 is 0 Å². The summed E-state index contributed by atoms with van der Waals surface area (Å²) in [6.45, 7) is 0. The van der Waals surface area contributed by atoms with Crippen molar-refractivity contribution >= 4 is 0 Å². The Morgan fingerprint density at radius 3 is 1.72 bits per heavy atom. The summed E-state index contributed by atoms with van der Waals surface area (Å²) in [4.78, 5) is 0. The first-order chi connectivity index (χ1) is 12.4. The first-order valence-corrected chi connectivity index (χ1v) is 8.89. The van der Waals surface area contributed by atoms with Gasteiger partial charge in [-0.25, -0.2) is 0 Å². The van der Waals surface area contributed by atoms with E-state index in [2.05, 4.69) is 84.9 Å². The van der Waals surface area contributed by atoms with E-state index >= 15 is 0 Å². The Bertz CT molecular complexity index is 1220. The lowest BCUT2D eigenvalue weighted by molar-refractivity contribution is 0.951. The second-order valence-corrected chi connectivity index (χ2v) is 7.30. The number of fused-ring (bicyclic) bond motifs is 13. The molecule has 0 heteroatoms. The van der Waals surface area contributed by atoms with Crippen molar-refractivity contribution < 1.29 is 0 Å². The molecule has 0 atom stereocenters. The standard InChI is InChI=1S/C25H14/c1-2-9-17-15(7-1)18-13-14-19-16-8-3-4-10-20(16)25(24(19)23(17)18)21-11-5-6-12-22(21)25/h1-14H. The predicted molar refractivity (Wildman–Crippen MR) is 102 cm³/mol. The van der Waals surface area contributed by atoms with Crippen LogP contribution in [0.2, 0.25) is 0 Å². The van der Waals surface area contributed by atoms with Crippen LogP contribution in [-0.4, -0.2) is 0 Å². The summed E-state index contributed by atoms with van der Waals surface area (Å²) < 4.78 is 0. The normalized spacial score (nSPS) is 15.5. The van der Waals surface area contributed by atoms with Crippen LogP contribution < -0.4 is 0 Å². The van der Waals surface area contributed by atoms with Gasteiger partial charge in [0.05, 0.1) is 5.41 Å². The van der Waals surface area contributed by atoms with Crippen LogP contribution in [0.3, 0.4) is 0 Å². The maximum Gasteiger partial charge on any atom is 0.0726 e. The van der Waals surface area contributed by atoms with Gasteiger partial charge in [0.2, 0.25) is 0 Å². The Kier molecular flexibility index (Phi) is 1.84. The van der Waals surface area contributed by atoms with Crippen LogP contribution in [0.1, 0.15) is 22.3 Å². The molecule has 0 bridgehead atoms.